The largest absolute Gasteiger partial charge is 0.331 e. The van der Waals surface area contributed by atoms with E-state index in [1.165, 1.54) is 16.6 Å². The second kappa shape index (κ2) is 7.29. The maximum absolute atomic E-state index is 14.3. The number of fused-ring (bicyclic) bond motifs is 1. The van der Waals surface area contributed by atoms with E-state index in [9.17, 15) is 17.6 Å². The molecule has 1 aliphatic heterocycles. The number of carbonyl (C=O) groups is 1. The molecule has 154 valence electrons. The fourth-order valence-corrected chi connectivity index (χ4v) is 5.50. The van der Waals surface area contributed by atoms with Crippen molar-refractivity contribution < 1.29 is 17.6 Å². The van der Waals surface area contributed by atoms with Crippen LogP contribution in [0.15, 0.2) is 36.4 Å². The van der Waals surface area contributed by atoms with Gasteiger partial charge in [-0.25, -0.2) is 12.8 Å². The Morgan fingerprint density at radius 1 is 1.28 bits per heavy atom. The van der Waals surface area contributed by atoms with Crippen LogP contribution < -0.4 is 4.31 Å². The number of anilines is 1. The van der Waals surface area contributed by atoms with Gasteiger partial charge >= 0.3 is 0 Å². The first-order chi connectivity index (χ1) is 13.7. The molecule has 0 radical (unpaired) electrons. The van der Waals surface area contributed by atoms with E-state index >= 15 is 0 Å². The van der Waals surface area contributed by atoms with Crippen molar-refractivity contribution in [1.82, 2.24) is 4.90 Å². The lowest BCUT2D eigenvalue weighted by Crippen LogP contribution is -2.34. The van der Waals surface area contributed by atoms with Crippen molar-refractivity contribution in [2.75, 3.05) is 10.6 Å². The van der Waals surface area contributed by atoms with Gasteiger partial charge in [-0.2, -0.15) is 0 Å². The zero-order valence-corrected chi connectivity index (χ0v) is 17.8. The summed E-state index contributed by atoms with van der Waals surface area (Å²) in [5.41, 5.74) is 2.23. The van der Waals surface area contributed by atoms with E-state index in [2.05, 4.69) is 0 Å². The van der Waals surface area contributed by atoms with Crippen LogP contribution in [0.5, 0.6) is 0 Å². The highest BCUT2D eigenvalue weighted by atomic mass is 35.5. The molecule has 1 heterocycles. The molecular formula is C21H22ClFN2O3S. The highest BCUT2D eigenvalue weighted by molar-refractivity contribution is 7.92. The van der Waals surface area contributed by atoms with Crippen LogP contribution >= 0.6 is 11.6 Å². The third kappa shape index (κ3) is 3.85. The molecule has 1 unspecified atom stereocenters. The zero-order valence-electron chi connectivity index (χ0n) is 16.2. The molecule has 1 amide bonds. The monoisotopic (exact) mass is 436 g/mol. The predicted octanol–water partition coefficient (Wildman–Crippen LogP) is 3.99. The highest BCUT2D eigenvalue weighted by Crippen LogP contribution is 2.36. The number of benzene rings is 2. The number of amides is 1. The van der Waals surface area contributed by atoms with Gasteiger partial charge in [-0.05, 0) is 62.1 Å². The summed E-state index contributed by atoms with van der Waals surface area (Å²) in [7, 11) is -3.39. The molecule has 2 aliphatic rings. The molecule has 0 N–H and O–H groups in total. The molecule has 1 atom stereocenters. The summed E-state index contributed by atoms with van der Waals surface area (Å²) in [6.07, 6.45) is 3.49. The van der Waals surface area contributed by atoms with Crippen molar-refractivity contribution >= 4 is 33.2 Å². The second-order valence-corrected chi connectivity index (χ2v) is 10.1. The van der Waals surface area contributed by atoms with Crippen LogP contribution in [-0.2, 0) is 23.0 Å². The molecule has 0 aromatic heterocycles. The number of halogens is 2. The first-order valence-corrected chi connectivity index (χ1v) is 11.8. The number of rotatable bonds is 5. The quantitative estimate of drug-likeness (QED) is 0.712. The van der Waals surface area contributed by atoms with E-state index in [-0.39, 0.29) is 24.5 Å². The summed E-state index contributed by atoms with van der Waals surface area (Å²) in [6.45, 7) is 1.96. The third-order valence-corrected chi connectivity index (χ3v) is 7.10. The Hall–Kier alpha value is -2.12. The van der Waals surface area contributed by atoms with E-state index in [1.54, 1.807) is 35.2 Å². The van der Waals surface area contributed by atoms with E-state index in [1.807, 2.05) is 6.92 Å². The molecule has 2 aromatic rings. The van der Waals surface area contributed by atoms with Crippen molar-refractivity contribution in [3.05, 3.63) is 63.9 Å². The van der Waals surface area contributed by atoms with Gasteiger partial charge in [0.2, 0.25) is 10.0 Å². The normalized spacial score (nSPS) is 18.6. The molecule has 29 heavy (non-hydrogen) atoms. The first kappa shape index (κ1) is 20.2. The Balaban J connectivity index is 1.64. The van der Waals surface area contributed by atoms with E-state index < -0.39 is 15.8 Å². The minimum Gasteiger partial charge on any atom is -0.331 e. The summed E-state index contributed by atoms with van der Waals surface area (Å²) >= 11 is 6.16. The van der Waals surface area contributed by atoms with Gasteiger partial charge in [-0.3, -0.25) is 9.10 Å². The van der Waals surface area contributed by atoms with Gasteiger partial charge in [-0.1, -0.05) is 17.7 Å². The Labute approximate surface area is 175 Å². The van der Waals surface area contributed by atoms with E-state index in [0.29, 0.717) is 28.3 Å². The van der Waals surface area contributed by atoms with Crippen molar-refractivity contribution in [3.63, 3.8) is 0 Å². The highest BCUT2D eigenvalue weighted by Gasteiger charge is 2.36. The molecule has 1 fully saturated rings. The number of carbonyl (C=O) groups excluding carboxylic acids is 1. The van der Waals surface area contributed by atoms with Crippen LogP contribution in [0, 0.1) is 5.82 Å². The minimum absolute atomic E-state index is 0.0675. The SMILES string of the molecule is CC1Cc2cc(C(=O)N(Cc3c(F)cccc3Cl)C3CC3)ccc2N1S(C)(=O)=O. The van der Waals surface area contributed by atoms with Crippen LogP contribution in [0.2, 0.25) is 5.02 Å². The standard InChI is InChI=1S/C21H22ClFN2O3S/c1-13-10-15-11-14(6-9-20(15)25(13)29(2,27)28)21(26)24(16-7-8-16)12-17-18(22)4-3-5-19(17)23/h3-6,9,11,13,16H,7-8,10,12H2,1-2H3. The fraction of sp³-hybridized carbons (Fsp3) is 0.381. The molecule has 5 nitrogen and oxygen atoms in total. The molecular weight excluding hydrogens is 415 g/mol. The molecule has 8 heteroatoms. The Morgan fingerprint density at radius 2 is 2.00 bits per heavy atom. The summed E-state index contributed by atoms with van der Waals surface area (Å²) < 4.78 is 39.9. The Morgan fingerprint density at radius 3 is 2.62 bits per heavy atom. The number of hydrogen-bond donors (Lipinski definition) is 0. The summed E-state index contributed by atoms with van der Waals surface area (Å²) in [4.78, 5) is 14.9. The van der Waals surface area contributed by atoms with Crippen molar-refractivity contribution in [2.24, 2.45) is 0 Å². The molecule has 0 spiro atoms. The smallest absolute Gasteiger partial charge is 0.254 e. The molecule has 1 aliphatic carbocycles. The van der Waals surface area contributed by atoms with Crippen molar-refractivity contribution in [3.8, 4) is 0 Å². The van der Waals surface area contributed by atoms with Crippen molar-refractivity contribution in [2.45, 2.75) is 44.8 Å². The lowest BCUT2D eigenvalue weighted by Gasteiger charge is -2.24. The van der Waals surface area contributed by atoms with Gasteiger partial charge in [0.1, 0.15) is 5.82 Å². The van der Waals surface area contributed by atoms with Gasteiger partial charge in [-0.15, -0.1) is 0 Å². The van der Waals surface area contributed by atoms with Crippen LogP contribution in [0.3, 0.4) is 0 Å². The van der Waals surface area contributed by atoms with Gasteiger partial charge < -0.3 is 4.90 Å². The fourth-order valence-electron chi connectivity index (χ4n) is 4.01. The van der Waals surface area contributed by atoms with Crippen LogP contribution in [-0.4, -0.2) is 37.6 Å². The van der Waals surface area contributed by atoms with Crippen LogP contribution in [0.4, 0.5) is 10.1 Å². The Kier molecular flexibility index (Phi) is 5.07. The average molecular weight is 437 g/mol. The maximum Gasteiger partial charge on any atom is 0.254 e. The minimum atomic E-state index is -3.39. The van der Waals surface area contributed by atoms with Crippen molar-refractivity contribution in [1.29, 1.82) is 0 Å². The van der Waals surface area contributed by atoms with Gasteiger partial charge in [0.15, 0.2) is 0 Å². The van der Waals surface area contributed by atoms with Crippen LogP contribution in [0.25, 0.3) is 0 Å². The van der Waals surface area contributed by atoms with Gasteiger partial charge in [0.05, 0.1) is 18.5 Å². The van der Waals surface area contributed by atoms with E-state index in [4.69, 9.17) is 11.6 Å². The number of sulfonamides is 1. The lowest BCUT2D eigenvalue weighted by molar-refractivity contribution is 0.0728. The number of nitrogens with zero attached hydrogens (tertiary/aromatic N) is 2. The summed E-state index contributed by atoms with van der Waals surface area (Å²) in [5.74, 6) is -0.623. The summed E-state index contributed by atoms with van der Waals surface area (Å²) in [6, 6.07) is 9.47. The van der Waals surface area contributed by atoms with Gasteiger partial charge in [0.25, 0.3) is 5.91 Å². The average Bonchev–Trinajstić information content (AvgIpc) is 3.40. The lowest BCUT2D eigenvalue weighted by atomic mass is 10.1. The molecule has 2 aromatic carbocycles. The van der Waals surface area contributed by atoms with Crippen LogP contribution in [0.1, 0.15) is 41.3 Å². The number of hydrogen-bond acceptors (Lipinski definition) is 3. The third-order valence-electron chi connectivity index (χ3n) is 5.48. The molecule has 0 bridgehead atoms. The van der Waals surface area contributed by atoms with E-state index in [0.717, 1.165) is 18.4 Å². The topological polar surface area (TPSA) is 57.7 Å². The summed E-state index contributed by atoms with van der Waals surface area (Å²) in [5, 5.41) is 0.301. The first-order valence-electron chi connectivity index (χ1n) is 9.53. The zero-order chi connectivity index (χ0) is 20.9. The second-order valence-electron chi connectivity index (χ2n) is 7.82. The maximum atomic E-state index is 14.3. The molecule has 1 saturated carbocycles. The Bertz CT molecular complexity index is 1070. The van der Waals surface area contributed by atoms with Gasteiger partial charge in [0, 0.05) is 28.2 Å². The molecule has 0 saturated heterocycles. The molecule has 4 rings (SSSR count). The predicted molar refractivity (Wildman–Crippen MR) is 111 cm³/mol.